The van der Waals surface area contributed by atoms with Crippen molar-refractivity contribution in [3.63, 3.8) is 0 Å². The molecule has 2 aromatic rings. The Hall–Kier alpha value is -2.61. The third-order valence-corrected chi connectivity index (χ3v) is 4.73. The highest BCUT2D eigenvalue weighted by molar-refractivity contribution is 6.30. The smallest absolute Gasteiger partial charge is 0.324 e. The van der Waals surface area contributed by atoms with Gasteiger partial charge in [-0.25, -0.2) is 0 Å². The molecule has 9 heteroatoms. The molecule has 0 bridgehead atoms. The summed E-state index contributed by atoms with van der Waals surface area (Å²) in [5.41, 5.74) is 1.02. The van der Waals surface area contributed by atoms with Gasteiger partial charge in [0, 0.05) is 30.6 Å². The number of methoxy groups -OCH3 is 2. The van der Waals surface area contributed by atoms with Crippen LogP contribution in [0.4, 0.5) is 5.95 Å². The zero-order valence-corrected chi connectivity index (χ0v) is 16.1. The molecule has 1 aliphatic heterocycles. The molecule has 1 aromatic carbocycles. The third kappa shape index (κ3) is 4.97. The Labute approximate surface area is 162 Å². The van der Waals surface area contributed by atoms with Crippen molar-refractivity contribution in [3.8, 4) is 12.0 Å². The van der Waals surface area contributed by atoms with Gasteiger partial charge in [-0.05, 0) is 30.5 Å². The topological polar surface area (TPSA) is 89.5 Å². The largest absolute Gasteiger partial charge is 0.467 e. The molecule has 3 rings (SSSR count). The first kappa shape index (κ1) is 19.2. The van der Waals surface area contributed by atoms with Gasteiger partial charge in [0.25, 0.3) is 0 Å². The van der Waals surface area contributed by atoms with Crippen LogP contribution in [-0.4, -0.2) is 48.2 Å². The maximum Gasteiger partial charge on any atom is 0.324 e. The molecule has 27 heavy (non-hydrogen) atoms. The molecular weight excluding hydrogens is 370 g/mol. The van der Waals surface area contributed by atoms with Gasteiger partial charge in [0.05, 0.1) is 14.2 Å². The van der Waals surface area contributed by atoms with Crippen LogP contribution in [-0.2, 0) is 11.3 Å². The fourth-order valence-corrected chi connectivity index (χ4v) is 3.06. The molecule has 1 N–H and O–H groups in total. The fourth-order valence-electron chi connectivity index (χ4n) is 2.93. The Bertz CT molecular complexity index is 757. The Morgan fingerprint density at radius 2 is 1.70 bits per heavy atom. The lowest BCUT2D eigenvalue weighted by Crippen LogP contribution is -2.41. The van der Waals surface area contributed by atoms with E-state index in [0.717, 1.165) is 18.4 Å². The Kier molecular flexibility index (Phi) is 6.28. The number of rotatable bonds is 6. The van der Waals surface area contributed by atoms with Crippen molar-refractivity contribution in [2.75, 3.05) is 32.2 Å². The predicted molar refractivity (Wildman–Crippen MR) is 101 cm³/mol. The van der Waals surface area contributed by atoms with E-state index in [9.17, 15) is 4.79 Å². The second-order valence-electron chi connectivity index (χ2n) is 6.21. The molecule has 8 nitrogen and oxygen atoms in total. The van der Waals surface area contributed by atoms with E-state index in [1.54, 1.807) is 0 Å². The average Bonchev–Trinajstić information content (AvgIpc) is 2.72. The van der Waals surface area contributed by atoms with E-state index in [2.05, 4.69) is 20.3 Å². The molecule has 1 aliphatic rings. The molecule has 0 atom stereocenters. The second-order valence-corrected chi connectivity index (χ2v) is 6.65. The van der Waals surface area contributed by atoms with Crippen LogP contribution in [0.3, 0.4) is 0 Å². The van der Waals surface area contributed by atoms with Gasteiger partial charge < -0.3 is 19.7 Å². The van der Waals surface area contributed by atoms with Crippen LogP contribution < -0.4 is 19.7 Å². The normalized spacial score (nSPS) is 14.7. The fraction of sp³-hybridized carbons (Fsp3) is 0.444. The highest BCUT2D eigenvalue weighted by atomic mass is 35.5. The minimum Gasteiger partial charge on any atom is -0.467 e. The Balaban J connectivity index is 1.53. The van der Waals surface area contributed by atoms with Gasteiger partial charge in [0.2, 0.25) is 11.9 Å². The quantitative estimate of drug-likeness (QED) is 0.806. The van der Waals surface area contributed by atoms with Crippen molar-refractivity contribution in [2.45, 2.75) is 19.4 Å². The highest BCUT2D eigenvalue weighted by Gasteiger charge is 2.26. The summed E-state index contributed by atoms with van der Waals surface area (Å²) < 4.78 is 10.2. The van der Waals surface area contributed by atoms with E-state index in [1.807, 2.05) is 29.2 Å². The van der Waals surface area contributed by atoms with E-state index in [4.69, 9.17) is 21.1 Å². The van der Waals surface area contributed by atoms with Crippen molar-refractivity contribution in [3.05, 3.63) is 34.9 Å². The number of aromatic nitrogens is 3. The summed E-state index contributed by atoms with van der Waals surface area (Å²) in [5.74, 6) is 0.535. The number of carbonyl (C=O) groups is 1. The number of piperidine rings is 1. The molecule has 1 amide bonds. The summed E-state index contributed by atoms with van der Waals surface area (Å²) >= 11 is 5.88. The van der Waals surface area contributed by atoms with Gasteiger partial charge in [-0.3, -0.25) is 4.79 Å². The third-order valence-electron chi connectivity index (χ3n) is 4.48. The first-order valence-electron chi connectivity index (χ1n) is 8.70. The average molecular weight is 392 g/mol. The van der Waals surface area contributed by atoms with Gasteiger partial charge >= 0.3 is 12.0 Å². The molecular formula is C18H22ClN5O3. The number of nitrogens with one attached hydrogen (secondary N) is 1. The lowest BCUT2D eigenvalue weighted by molar-refractivity contribution is -0.125. The maximum absolute atomic E-state index is 12.4. The summed E-state index contributed by atoms with van der Waals surface area (Å²) in [6.07, 6.45) is 1.45. The number of carbonyl (C=O) groups excluding carboxylic acids is 1. The van der Waals surface area contributed by atoms with E-state index in [1.165, 1.54) is 14.2 Å². The zero-order valence-electron chi connectivity index (χ0n) is 15.3. The number of halogens is 1. The van der Waals surface area contributed by atoms with Crippen LogP contribution in [0.25, 0.3) is 0 Å². The van der Waals surface area contributed by atoms with Crippen LogP contribution in [0.2, 0.25) is 5.02 Å². The van der Waals surface area contributed by atoms with Crippen LogP contribution in [0.15, 0.2) is 24.3 Å². The monoisotopic (exact) mass is 391 g/mol. The summed E-state index contributed by atoms with van der Waals surface area (Å²) in [7, 11) is 2.99. The molecule has 144 valence electrons. The second kappa shape index (κ2) is 8.85. The lowest BCUT2D eigenvalue weighted by Gasteiger charge is -2.31. The van der Waals surface area contributed by atoms with Gasteiger partial charge in [-0.1, -0.05) is 23.7 Å². The van der Waals surface area contributed by atoms with Gasteiger partial charge in [0.1, 0.15) is 0 Å². The van der Waals surface area contributed by atoms with Crippen LogP contribution in [0, 0.1) is 5.92 Å². The van der Waals surface area contributed by atoms with E-state index in [0.29, 0.717) is 30.6 Å². The number of benzene rings is 1. The van der Waals surface area contributed by atoms with Crippen molar-refractivity contribution in [1.82, 2.24) is 20.3 Å². The van der Waals surface area contributed by atoms with Gasteiger partial charge in [0.15, 0.2) is 0 Å². The highest BCUT2D eigenvalue weighted by Crippen LogP contribution is 2.23. The van der Waals surface area contributed by atoms with E-state index >= 15 is 0 Å². The van der Waals surface area contributed by atoms with E-state index < -0.39 is 0 Å². The summed E-state index contributed by atoms with van der Waals surface area (Å²) in [5, 5.41) is 3.68. The van der Waals surface area contributed by atoms with Gasteiger partial charge in [-0.2, -0.15) is 9.97 Å². The SMILES string of the molecule is COc1nc(OC)nc(N2CCC(C(=O)NCc3ccc(Cl)cc3)CC2)n1. The van der Waals surface area contributed by atoms with Crippen molar-refractivity contribution >= 4 is 23.5 Å². The van der Waals surface area contributed by atoms with Crippen LogP contribution in [0.5, 0.6) is 12.0 Å². The maximum atomic E-state index is 12.4. The molecule has 0 aliphatic carbocycles. The number of nitrogens with zero attached hydrogens (tertiary/aromatic N) is 4. The lowest BCUT2D eigenvalue weighted by atomic mass is 9.96. The molecule has 0 unspecified atom stereocenters. The zero-order chi connectivity index (χ0) is 19.2. The van der Waals surface area contributed by atoms with Crippen molar-refractivity contribution in [1.29, 1.82) is 0 Å². The molecule has 1 saturated heterocycles. The molecule has 1 fully saturated rings. The number of ether oxygens (including phenoxy) is 2. The van der Waals surface area contributed by atoms with Gasteiger partial charge in [-0.15, -0.1) is 4.98 Å². The molecule has 1 aromatic heterocycles. The minimum absolute atomic E-state index is 0.0285. The first-order chi connectivity index (χ1) is 13.1. The summed E-state index contributed by atoms with van der Waals surface area (Å²) in [6.45, 7) is 1.85. The Morgan fingerprint density at radius 3 is 2.26 bits per heavy atom. The first-order valence-corrected chi connectivity index (χ1v) is 9.08. The van der Waals surface area contributed by atoms with Crippen molar-refractivity contribution in [2.24, 2.45) is 5.92 Å². The summed E-state index contributed by atoms with van der Waals surface area (Å²) in [4.78, 5) is 27.0. The minimum atomic E-state index is -0.0285. The number of anilines is 1. The standard InChI is InChI=1S/C18H22ClN5O3/c1-26-17-21-16(22-18(23-17)27-2)24-9-7-13(8-10-24)15(25)20-11-12-3-5-14(19)6-4-12/h3-6,13H,7-11H2,1-2H3,(H,20,25). The van der Waals surface area contributed by atoms with Crippen LogP contribution in [0.1, 0.15) is 18.4 Å². The molecule has 0 saturated carbocycles. The predicted octanol–water partition coefficient (Wildman–Crippen LogP) is 2.07. The molecule has 2 heterocycles. The summed E-state index contributed by atoms with van der Waals surface area (Å²) in [6, 6.07) is 7.87. The van der Waals surface area contributed by atoms with E-state index in [-0.39, 0.29) is 23.8 Å². The number of amides is 1. The molecule has 0 radical (unpaired) electrons. The Morgan fingerprint density at radius 1 is 1.11 bits per heavy atom. The number of hydrogen-bond donors (Lipinski definition) is 1. The van der Waals surface area contributed by atoms with Crippen molar-refractivity contribution < 1.29 is 14.3 Å². The number of hydrogen-bond acceptors (Lipinski definition) is 7. The van der Waals surface area contributed by atoms with Crippen LogP contribution >= 0.6 is 11.6 Å². The molecule has 0 spiro atoms.